The van der Waals surface area contributed by atoms with Gasteiger partial charge in [-0.25, -0.2) is 9.59 Å². The summed E-state index contributed by atoms with van der Waals surface area (Å²) in [6.45, 7) is 6.00. The molecule has 2 aromatic heterocycles. The second kappa shape index (κ2) is 24.1. The van der Waals surface area contributed by atoms with Crippen molar-refractivity contribution in [3.05, 3.63) is 57.2 Å². The maximum absolute atomic E-state index is 10.7. The number of nitrogens with zero attached hydrogens (tertiary/aromatic N) is 2. The van der Waals surface area contributed by atoms with E-state index in [1.807, 2.05) is 0 Å². The second-order valence-corrected chi connectivity index (χ2v) is 5.69. The molecule has 19 heteroatoms. The molecule has 0 aliphatic carbocycles. The molecule has 20 N–H and O–H groups in total. The summed E-state index contributed by atoms with van der Waals surface area (Å²) in [7, 11) is 0. The fourth-order valence-corrected chi connectivity index (χ4v) is 2.30. The monoisotopic (exact) mass is 597 g/mol. The van der Waals surface area contributed by atoms with Gasteiger partial charge in [0.25, 0.3) is 0 Å². The summed E-state index contributed by atoms with van der Waals surface area (Å²) in [6, 6.07) is 2.13. The molecule has 2 rings (SSSR count). The molecule has 0 unspecified atom stereocenters. The van der Waals surface area contributed by atoms with Crippen LogP contribution in [0.15, 0.2) is 12.1 Å². The van der Waals surface area contributed by atoms with E-state index in [9.17, 15) is 29.4 Å². The molecule has 221 valence electrons. The van der Waals surface area contributed by atoms with Crippen molar-refractivity contribution in [2.75, 3.05) is 0 Å². The van der Waals surface area contributed by atoms with Crippen LogP contribution in [0, 0.1) is 27.7 Å². The SMILES string of the molecule is Cc1nc(C)c(C(=O)O)cc1C(=O)[O-].Cc1nc(C)c(C(=O)O)cc1C(=O)[O-].O.O.O.O.O.O.[Cu+2].[OH3+].[OH3+]. The average molecular weight is 598 g/mol. The number of carboxylic acid groups (broad SMARTS) is 4. The number of hydrogen-bond donors (Lipinski definition) is 2. The van der Waals surface area contributed by atoms with Crippen molar-refractivity contribution in [1.82, 2.24) is 9.97 Å². The van der Waals surface area contributed by atoms with Gasteiger partial charge in [0, 0.05) is 22.5 Å². The molecule has 37 heavy (non-hydrogen) atoms. The number of aromatic carboxylic acids is 4. The fourth-order valence-electron chi connectivity index (χ4n) is 2.30. The van der Waals surface area contributed by atoms with Crippen molar-refractivity contribution < 1.29 is 100 Å². The van der Waals surface area contributed by atoms with Gasteiger partial charge in [-0.1, -0.05) is 0 Å². The molecule has 0 aromatic carbocycles. The predicted octanol–water partition coefficient (Wildman–Crippen LogP) is -7.27. The minimum Gasteiger partial charge on any atom is -0.545 e. The molecule has 0 spiro atoms. The third-order valence-electron chi connectivity index (χ3n) is 3.71. The number of carbonyl (C=O) groups is 4. The first-order valence-electron chi connectivity index (χ1n) is 7.72. The van der Waals surface area contributed by atoms with Crippen LogP contribution in [0.3, 0.4) is 0 Å². The number of hydrogen-bond acceptors (Lipinski definition) is 8. The van der Waals surface area contributed by atoms with Crippen LogP contribution in [0.4, 0.5) is 0 Å². The number of pyridine rings is 2. The topological polar surface area (TPSA) is 436 Å². The van der Waals surface area contributed by atoms with Crippen LogP contribution in [-0.2, 0) is 28.0 Å². The van der Waals surface area contributed by atoms with Crippen LogP contribution in [0.2, 0.25) is 0 Å². The number of carboxylic acids is 4. The van der Waals surface area contributed by atoms with Crippen molar-refractivity contribution in [3.8, 4) is 0 Å². The minimum atomic E-state index is -1.42. The molecule has 0 saturated carbocycles. The van der Waals surface area contributed by atoms with E-state index in [0.717, 1.165) is 12.1 Å². The number of rotatable bonds is 4. The van der Waals surface area contributed by atoms with E-state index >= 15 is 0 Å². The van der Waals surface area contributed by atoms with Gasteiger partial charge in [-0.2, -0.15) is 0 Å². The van der Waals surface area contributed by atoms with E-state index in [-0.39, 0.29) is 94.5 Å². The van der Waals surface area contributed by atoms with Gasteiger partial charge in [-0.3, -0.25) is 9.97 Å². The molecular formula is C18H34CuN2O16+2. The van der Waals surface area contributed by atoms with Crippen LogP contribution in [-0.4, -0.2) is 76.9 Å². The molecule has 2 heterocycles. The molecule has 0 bridgehead atoms. The molecule has 0 aliphatic heterocycles. The van der Waals surface area contributed by atoms with Crippen LogP contribution >= 0.6 is 0 Å². The Labute approximate surface area is 219 Å². The number of carbonyl (C=O) groups excluding carboxylic acids is 2. The molecule has 0 atom stereocenters. The number of aryl methyl sites for hydroxylation is 4. The third-order valence-corrected chi connectivity index (χ3v) is 3.71. The summed E-state index contributed by atoms with van der Waals surface area (Å²) in [5.41, 5.74) is 0.491. The molecule has 0 fully saturated rings. The first kappa shape index (κ1) is 58.9. The summed E-state index contributed by atoms with van der Waals surface area (Å²) < 4.78 is 0. The summed E-state index contributed by atoms with van der Waals surface area (Å²) in [5.74, 6) is -5.23. The number of aromatic nitrogens is 2. The smallest absolute Gasteiger partial charge is 0.545 e. The largest absolute Gasteiger partial charge is 2.00 e. The first-order chi connectivity index (χ1) is 12.9. The fraction of sp³-hybridized carbons (Fsp3) is 0.222. The third kappa shape index (κ3) is 15.2. The van der Waals surface area contributed by atoms with Crippen molar-refractivity contribution in [1.29, 1.82) is 0 Å². The average Bonchev–Trinajstić information content (AvgIpc) is 2.53. The molecule has 2 aromatic rings. The Hall–Kier alpha value is -3.62. The maximum atomic E-state index is 10.7. The van der Waals surface area contributed by atoms with Gasteiger partial charge >= 0.3 is 29.0 Å². The van der Waals surface area contributed by atoms with Crippen LogP contribution in [0.5, 0.6) is 0 Å². The van der Waals surface area contributed by atoms with Crippen molar-refractivity contribution >= 4 is 23.9 Å². The van der Waals surface area contributed by atoms with E-state index < -0.39 is 23.9 Å². The Balaban J connectivity index is -0.0000000487. The van der Waals surface area contributed by atoms with Gasteiger partial charge in [0.2, 0.25) is 0 Å². The summed E-state index contributed by atoms with van der Waals surface area (Å²) in [4.78, 5) is 50.1. The van der Waals surface area contributed by atoms with E-state index in [2.05, 4.69) is 9.97 Å². The second-order valence-electron chi connectivity index (χ2n) is 5.69. The van der Waals surface area contributed by atoms with Crippen LogP contribution in [0.1, 0.15) is 64.2 Å². The van der Waals surface area contributed by atoms with Crippen molar-refractivity contribution in [2.24, 2.45) is 0 Å². The van der Waals surface area contributed by atoms with Crippen molar-refractivity contribution in [3.63, 3.8) is 0 Å². The molecule has 0 aliphatic rings. The van der Waals surface area contributed by atoms with E-state index in [4.69, 9.17) is 10.2 Å². The maximum Gasteiger partial charge on any atom is 2.00 e. The van der Waals surface area contributed by atoms with Crippen LogP contribution < -0.4 is 10.2 Å². The molecule has 0 amide bonds. The zero-order valence-electron chi connectivity index (χ0n) is 19.8. The standard InChI is InChI=1S/2C9H9NO4.Cu.8H2O/c2*1-4-6(8(11)12)3-7(9(13)14)5(2)10-4;;;;;;;;;/h2*3H,1-2H3,(H,11,12)(H,13,14);;8*1H2/q;;+2;;;;;;;;. The zero-order valence-corrected chi connectivity index (χ0v) is 20.8. The Kier molecular flexibility index (Phi) is 38.3. The van der Waals surface area contributed by atoms with E-state index in [1.165, 1.54) is 27.7 Å². The summed E-state index contributed by atoms with van der Waals surface area (Å²) in [5, 5.41) is 38.5. The van der Waals surface area contributed by atoms with Gasteiger partial charge < -0.3 is 73.8 Å². The van der Waals surface area contributed by atoms with Crippen LogP contribution in [0.25, 0.3) is 0 Å². The van der Waals surface area contributed by atoms with E-state index in [0.29, 0.717) is 11.4 Å². The summed E-state index contributed by atoms with van der Waals surface area (Å²) >= 11 is 0. The normalized spacial score (nSPS) is 7.46. The quantitative estimate of drug-likeness (QED) is 0.247. The molecule has 18 nitrogen and oxygen atoms in total. The van der Waals surface area contributed by atoms with Gasteiger partial charge in [0.15, 0.2) is 0 Å². The van der Waals surface area contributed by atoms with Gasteiger partial charge in [0.05, 0.1) is 34.5 Å². The van der Waals surface area contributed by atoms with Gasteiger partial charge in [-0.15, -0.1) is 0 Å². The summed E-state index contributed by atoms with van der Waals surface area (Å²) in [6.07, 6.45) is 0. The Bertz CT molecular complexity index is 850. The Morgan fingerprint density at radius 3 is 0.919 bits per heavy atom. The van der Waals surface area contributed by atoms with Gasteiger partial charge in [-0.05, 0) is 39.8 Å². The molecule has 0 saturated heterocycles. The zero-order chi connectivity index (χ0) is 21.8. The van der Waals surface area contributed by atoms with Crippen molar-refractivity contribution in [2.45, 2.75) is 27.7 Å². The minimum absolute atomic E-state index is 0. The molecular weight excluding hydrogens is 564 g/mol. The first-order valence-corrected chi connectivity index (χ1v) is 7.72. The molecule has 1 radical (unpaired) electrons. The predicted molar refractivity (Wildman–Crippen MR) is 121 cm³/mol. The Morgan fingerprint density at radius 1 is 0.568 bits per heavy atom. The Morgan fingerprint density at radius 2 is 0.757 bits per heavy atom. The van der Waals surface area contributed by atoms with Gasteiger partial charge in [0.1, 0.15) is 0 Å². The van der Waals surface area contributed by atoms with E-state index in [1.54, 1.807) is 0 Å².